The largest absolute Gasteiger partial charge is 0.480 e. The number of halogens is 2. The molecule has 6 atom stereocenters. The molecule has 2 aromatic heterocycles. The predicted molar refractivity (Wildman–Crippen MR) is 203 cm³/mol. The summed E-state index contributed by atoms with van der Waals surface area (Å²) in [4.78, 5) is 125. The van der Waals surface area contributed by atoms with Gasteiger partial charge in [-0.25, -0.2) is 9.97 Å². The van der Waals surface area contributed by atoms with Crippen LogP contribution >= 0.6 is 23.5 Å². The summed E-state index contributed by atoms with van der Waals surface area (Å²) >= 11 is 1.71. The van der Waals surface area contributed by atoms with Crippen LogP contribution in [-0.4, -0.2) is 142 Å². The Labute approximate surface area is 347 Å². The summed E-state index contributed by atoms with van der Waals surface area (Å²) in [5.41, 5.74) is 11.0. The molecule has 6 unspecified atom stereocenters. The van der Waals surface area contributed by atoms with Crippen LogP contribution in [0.5, 0.6) is 0 Å². The highest BCUT2D eigenvalue weighted by molar-refractivity contribution is 7.99. The molecule has 0 aliphatic rings. The molecule has 60 heavy (non-hydrogen) atoms. The van der Waals surface area contributed by atoms with Crippen molar-refractivity contribution in [2.45, 2.75) is 73.2 Å². The summed E-state index contributed by atoms with van der Waals surface area (Å²) in [6.07, 6.45) is 1.21. The van der Waals surface area contributed by atoms with Crippen molar-refractivity contribution in [1.29, 1.82) is 0 Å². The number of hydrogen-bond donors (Lipinski definition) is 10. The number of carbonyl (C=O) groups excluding carboxylic acids is 5. The van der Waals surface area contributed by atoms with Gasteiger partial charge in [0.1, 0.15) is 43.0 Å². The van der Waals surface area contributed by atoms with E-state index in [1.54, 1.807) is 0 Å². The number of aromatic nitrogens is 4. The van der Waals surface area contributed by atoms with Crippen molar-refractivity contribution in [3.05, 3.63) is 48.1 Å². The van der Waals surface area contributed by atoms with E-state index in [4.69, 9.17) is 31.9 Å². The zero-order chi connectivity index (χ0) is 44.9. The minimum Gasteiger partial charge on any atom is -0.480 e. The van der Waals surface area contributed by atoms with E-state index >= 15 is 0 Å². The Kier molecular flexibility index (Phi) is 21.4. The molecule has 0 saturated heterocycles. The molecule has 0 aliphatic heterocycles. The molecule has 0 radical (unpaired) electrons. The topological polar surface area (TPSA) is 386 Å². The van der Waals surface area contributed by atoms with Gasteiger partial charge in [-0.3, -0.25) is 53.1 Å². The molecule has 2 rings (SSSR count). The van der Waals surface area contributed by atoms with Gasteiger partial charge in [0, 0.05) is 37.2 Å². The van der Waals surface area contributed by atoms with E-state index in [0.29, 0.717) is 0 Å². The van der Waals surface area contributed by atoms with Crippen molar-refractivity contribution >= 4 is 76.8 Å². The third kappa shape index (κ3) is 19.2. The Balaban J connectivity index is 2.36. The van der Waals surface area contributed by atoms with E-state index < -0.39 is 139 Å². The van der Waals surface area contributed by atoms with Crippen LogP contribution in [0.2, 0.25) is 0 Å². The maximum absolute atomic E-state index is 13.8. The Bertz CT molecular complexity index is 1720. The summed E-state index contributed by atoms with van der Waals surface area (Å²) in [7, 11) is 0. The Morgan fingerprint density at radius 1 is 0.600 bits per heavy atom. The van der Waals surface area contributed by atoms with Crippen LogP contribution in [0.15, 0.2) is 24.8 Å². The van der Waals surface area contributed by atoms with Gasteiger partial charge in [-0.2, -0.15) is 8.78 Å². The molecular formula is C33H42F2N10O13S2. The highest BCUT2D eigenvalue weighted by Crippen LogP contribution is 2.36. The molecule has 0 bridgehead atoms. The molecule has 27 heteroatoms. The molecule has 0 fully saturated rings. The lowest BCUT2D eigenvalue weighted by Crippen LogP contribution is -2.49. The number of Topliss-reactive ketones (excluding diaryl/α,β-unsaturated/α-hetero) is 1. The van der Waals surface area contributed by atoms with Gasteiger partial charge in [-0.15, -0.1) is 23.5 Å². The molecule has 2 heterocycles. The van der Waals surface area contributed by atoms with Crippen molar-refractivity contribution in [2.75, 3.05) is 24.6 Å². The van der Waals surface area contributed by atoms with Crippen LogP contribution in [0, 0.1) is 11.9 Å². The van der Waals surface area contributed by atoms with Gasteiger partial charge in [-0.05, 0) is 12.8 Å². The van der Waals surface area contributed by atoms with E-state index in [0.717, 1.165) is 48.3 Å². The second-order valence-electron chi connectivity index (χ2n) is 12.5. The first-order valence-electron chi connectivity index (χ1n) is 17.5. The number of amides is 4. The fourth-order valence-corrected chi connectivity index (χ4v) is 7.20. The van der Waals surface area contributed by atoms with Crippen molar-refractivity contribution < 1.29 is 72.4 Å². The molecule has 23 nitrogen and oxygen atoms in total. The van der Waals surface area contributed by atoms with Gasteiger partial charge in [0.05, 0.1) is 46.7 Å². The van der Waals surface area contributed by atoms with Gasteiger partial charge >= 0.3 is 23.9 Å². The van der Waals surface area contributed by atoms with Crippen molar-refractivity contribution in [3.8, 4) is 0 Å². The lowest BCUT2D eigenvalue weighted by atomic mass is 10.1. The molecule has 0 aromatic carbocycles. The second kappa shape index (κ2) is 25.5. The maximum Gasteiger partial charge on any atom is 0.322 e. The Morgan fingerprint density at radius 2 is 0.967 bits per heavy atom. The zero-order valence-corrected chi connectivity index (χ0v) is 33.0. The zero-order valence-electron chi connectivity index (χ0n) is 31.3. The molecule has 0 saturated carbocycles. The van der Waals surface area contributed by atoms with Crippen LogP contribution in [-0.2, 0) is 43.2 Å². The highest BCUT2D eigenvalue weighted by Gasteiger charge is 2.30. The Hall–Kier alpha value is -5.93. The summed E-state index contributed by atoms with van der Waals surface area (Å²) in [6.45, 7) is -1.66. The van der Waals surface area contributed by atoms with Crippen LogP contribution in [0.25, 0.3) is 0 Å². The Morgan fingerprint density at radius 3 is 1.27 bits per heavy atom. The lowest BCUT2D eigenvalue weighted by Gasteiger charge is -2.23. The van der Waals surface area contributed by atoms with Crippen molar-refractivity contribution in [2.24, 2.45) is 11.5 Å². The van der Waals surface area contributed by atoms with Crippen LogP contribution in [0.4, 0.5) is 8.78 Å². The van der Waals surface area contributed by atoms with Crippen LogP contribution in [0.1, 0.15) is 60.4 Å². The molecule has 2 aromatic rings. The number of carboxylic acid groups (broad SMARTS) is 4. The summed E-state index contributed by atoms with van der Waals surface area (Å²) in [6, 6.07) is -5.70. The molecule has 0 spiro atoms. The maximum atomic E-state index is 13.8. The summed E-state index contributed by atoms with van der Waals surface area (Å²) < 4.78 is 27.6. The lowest BCUT2D eigenvalue weighted by molar-refractivity contribution is -0.140. The van der Waals surface area contributed by atoms with E-state index in [-0.39, 0.29) is 35.7 Å². The van der Waals surface area contributed by atoms with E-state index in [1.165, 1.54) is 0 Å². The number of aliphatic carboxylic acids is 4. The number of thioether (sulfide) groups is 2. The average Bonchev–Trinajstić information content (AvgIpc) is 3.19. The molecule has 4 amide bonds. The number of rotatable bonds is 28. The molecular weight excluding hydrogens is 847 g/mol. The fraction of sp³-hybridized carbons (Fsp3) is 0.485. The van der Waals surface area contributed by atoms with Crippen LogP contribution in [0.3, 0.4) is 0 Å². The van der Waals surface area contributed by atoms with Gasteiger partial charge < -0.3 is 53.2 Å². The van der Waals surface area contributed by atoms with Crippen LogP contribution < -0.4 is 32.7 Å². The first-order chi connectivity index (χ1) is 28.2. The molecule has 0 aliphatic carbocycles. The number of hydrogen-bond acceptors (Lipinski definition) is 17. The number of ketones is 1. The van der Waals surface area contributed by atoms with Gasteiger partial charge in [0.25, 0.3) is 0 Å². The highest BCUT2D eigenvalue weighted by atomic mass is 32.2. The average molecular weight is 889 g/mol. The van der Waals surface area contributed by atoms with Crippen molar-refractivity contribution in [3.63, 3.8) is 0 Å². The summed E-state index contributed by atoms with van der Waals surface area (Å²) in [5, 5.41) is 43.1. The van der Waals surface area contributed by atoms with Crippen molar-refractivity contribution in [1.82, 2.24) is 41.2 Å². The fourth-order valence-electron chi connectivity index (χ4n) is 4.69. The summed E-state index contributed by atoms with van der Waals surface area (Å²) in [5.74, 6) is -12.3. The smallest absolute Gasteiger partial charge is 0.322 e. The minimum absolute atomic E-state index is 0.0319. The standard InChI is InChI=1S/C33H42F2N10O13S2/c34-24-9-38-18(7-40-24)22(59-13-20(30(53)42-11-28(49)50)44-26(47)3-1-16(36)32(55)56)5-15(46)6-23(19-8-41-25(35)10-39-19)60-14-21(31(54)43-12-29(51)52)45-27(48)4-2-17(37)33(57)58/h7-10,16-17,20-23H,1-6,11-14,36-37H2,(H,42,53)(H,43,54)(H,44,47)(H,45,48)(H,49,50)(H,51,52)(H,55,56)(H,57,58). The monoisotopic (exact) mass is 888 g/mol. The number of carboxylic acids is 4. The van der Waals surface area contributed by atoms with E-state index in [9.17, 15) is 51.9 Å². The van der Waals surface area contributed by atoms with E-state index in [2.05, 4.69) is 41.2 Å². The van der Waals surface area contributed by atoms with Gasteiger partial charge in [0.2, 0.25) is 35.5 Å². The number of nitrogens with two attached hydrogens (primary N) is 2. The first kappa shape index (κ1) is 50.2. The third-order valence-electron chi connectivity index (χ3n) is 7.82. The van der Waals surface area contributed by atoms with E-state index in [1.807, 2.05) is 0 Å². The second-order valence-corrected chi connectivity index (χ2v) is 15.0. The van der Waals surface area contributed by atoms with Gasteiger partial charge in [0.15, 0.2) is 0 Å². The third-order valence-corrected chi connectivity index (χ3v) is 10.5. The number of carbonyl (C=O) groups is 9. The normalized spacial score (nSPS) is 13.9. The number of nitrogens with zero attached hydrogens (tertiary/aromatic N) is 4. The minimum atomic E-state index is -1.45. The molecule has 328 valence electrons. The quantitative estimate of drug-likeness (QED) is 0.0437. The molecule has 12 N–H and O–H groups in total. The van der Waals surface area contributed by atoms with Gasteiger partial charge in [-0.1, -0.05) is 0 Å². The number of nitrogens with one attached hydrogen (secondary N) is 4. The SMILES string of the molecule is NC(CCC(=O)NC(CSC(CC(=O)CC(SCC(NC(=O)CCC(N)C(=O)O)C(=O)NCC(=O)O)c1cnc(F)cn1)c1cnc(F)cn1)C(=O)NCC(=O)O)C(=O)O. The first-order valence-corrected chi connectivity index (χ1v) is 19.6. The predicted octanol–water partition coefficient (Wildman–Crippen LogP) is -2.10.